The molecule has 3 aromatic rings. The van der Waals surface area contributed by atoms with E-state index in [2.05, 4.69) is 4.98 Å². The number of oxazole rings is 1. The highest BCUT2D eigenvalue weighted by Gasteiger charge is 2.29. The molecule has 1 aromatic heterocycles. The van der Waals surface area contributed by atoms with Crippen LogP contribution >= 0.6 is 11.6 Å². The maximum absolute atomic E-state index is 13.0. The SMILES string of the molecule is CN(C)S(=O)(=O)c1cc(C(=O)N2CCC(c3nc4ccccc4o3)CC2)ccc1Cl. The molecule has 0 radical (unpaired) electrons. The zero-order chi connectivity index (χ0) is 21.5. The third-order valence-electron chi connectivity index (χ3n) is 5.38. The molecule has 1 aliphatic rings. The maximum Gasteiger partial charge on any atom is 0.253 e. The molecular weight excluding hydrogens is 426 g/mol. The average molecular weight is 448 g/mol. The fourth-order valence-corrected chi connectivity index (χ4v) is 5.00. The summed E-state index contributed by atoms with van der Waals surface area (Å²) in [5.41, 5.74) is 1.91. The molecule has 0 N–H and O–H groups in total. The van der Waals surface area contributed by atoms with Gasteiger partial charge in [-0.1, -0.05) is 23.7 Å². The number of carbonyl (C=O) groups excluding carboxylic acids is 1. The number of fused-ring (bicyclic) bond motifs is 1. The van der Waals surface area contributed by atoms with Crippen LogP contribution in [-0.4, -0.2) is 55.7 Å². The van der Waals surface area contributed by atoms with Gasteiger partial charge in [-0.25, -0.2) is 17.7 Å². The summed E-state index contributed by atoms with van der Waals surface area (Å²) >= 11 is 6.09. The number of rotatable bonds is 4. The minimum atomic E-state index is -3.74. The van der Waals surface area contributed by atoms with Gasteiger partial charge in [0.25, 0.3) is 5.91 Å². The number of sulfonamides is 1. The van der Waals surface area contributed by atoms with E-state index >= 15 is 0 Å². The number of halogens is 1. The predicted molar refractivity (Wildman–Crippen MR) is 114 cm³/mol. The molecule has 1 saturated heterocycles. The van der Waals surface area contributed by atoms with Crippen LogP contribution in [0.5, 0.6) is 0 Å². The van der Waals surface area contributed by atoms with Crippen molar-refractivity contribution < 1.29 is 17.6 Å². The summed E-state index contributed by atoms with van der Waals surface area (Å²) in [5, 5.41) is 0.0925. The van der Waals surface area contributed by atoms with Gasteiger partial charge in [0.15, 0.2) is 11.5 Å². The van der Waals surface area contributed by atoms with Crippen LogP contribution in [0.4, 0.5) is 0 Å². The van der Waals surface area contributed by atoms with Crippen molar-refractivity contribution in [2.45, 2.75) is 23.7 Å². The molecule has 0 saturated carbocycles. The Labute approximate surface area is 180 Å². The molecular formula is C21H22ClN3O4S. The Morgan fingerprint density at radius 3 is 2.53 bits per heavy atom. The lowest BCUT2D eigenvalue weighted by molar-refractivity contribution is 0.0706. The number of para-hydroxylation sites is 2. The number of piperidine rings is 1. The topological polar surface area (TPSA) is 83.7 Å². The van der Waals surface area contributed by atoms with Crippen LogP contribution in [0.3, 0.4) is 0 Å². The molecule has 158 valence electrons. The molecule has 0 bridgehead atoms. The number of benzene rings is 2. The summed E-state index contributed by atoms with van der Waals surface area (Å²) in [5.74, 6) is 0.642. The average Bonchev–Trinajstić information content (AvgIpc) is 3.18. The number of amides is 1. The first-order valence-corrected chi connectivity index (χ1v) is 11.5. The molecule has 1 fully saturated rings. The van der Waals surface area contributed by atoms with E-state index in [1.165, 1.54) is 26.2 Å². The van der Waals surface area contributed by atoms with Crippen LogP contribution in [0, 0.1) is 0 Å². The van der Waals surface area contributed by atoms with Crippen LogP contribution in [0.15, 0.2) is 51.8 Å². The summed E-state index contributed by atoms with van der Waals surface area (Å²) in [6.07, 6.45) is 1.46. The Hall–Kier alpha value is -2.42. The van der Waals surface area contributed by atoms with Crippen LogP contribution in [-0.2, 0) is 10.0 Å². The van der Waals surface area contributed by atoms with Crippen LogP contribution in [0.25, 0.3) is 11.1 Å². The summed E-state index contributed by atoms with van der Waals surface area (Å²) < 4.78 is 31.9. The maximum atomic E-state index is 13.0. The monoisotopic (exact) mass is 447 g/mol. The lowest BCUT2D eigenvalue weighted by Gasteiger charge is -2.30. The number of aromatic nitrogens is 1. The lowest BCUT2D eigenvalue weighted by atomic mass is 9.96. The molecule has 0 aliphatic carbocycles. The molecule has 4 rings (SSSR count). The van der Waals surface area contributed by atoms with E-state index < -0.39 is 10.0 Å². The lowest BCUT2D eigenvalue weighted by Crippen LogP contribution is -2.38. The number of hydrogen-bond acceptors (Lipinski definition) is 5. The Balaban J connectivity index is 1.49. The number of hydrogen-bond donors (Lipinski definition) is 0. The van der Waals surface area contributed by atoms with Crippen LogP contribution in [0.2, 0.25) is 5.02 Å². The van der Waals surface area contributed by atoms with E-state index in [1.54, 1.807) is 11.0 Å². The molecule has 0 unspecified atom stereocenters. The quantitative estimate of drug-likeness (QED) is 0.608. The second-order valence-electron chi connectivity index (χ2n) is 7.52. The summed E-state index contributed by atoms with van der Waals surface area (Å²) in [6, 6.07) is 12.0. The first-order valence-electron chi connectivity index (χ1n) is 9.64. The first-order chi connectivity index (χ1) is 14.3. The smallest absolute Gasteiger partial charge is 0.253 e. The number of likely N-dealkylation sites (tertiary alicyclic amines) is 1. The van der Waals surface area contributed by atoms with E-state index in [9.17, 15) is 13.2 Å². The van der Waals surface area contributed by atoms with E-state index in [0.717, 1.165) is 28.2 Å². The standard InChI is InChI=1S/C21H22ClN3O4S/c1-24(2)30(27,28)19-13-15(7-8-16(19)22)21(26)25-11-9-14(10-12-25)20-23-17-5-3-4-6-18(17)29-20/h3-8,13-14H,9-12H2,1-2H3. The van der Waals surface area contributed by atoms with Gasteiger partial charge < -0.3 is 9.32 Å². The van der Waals surface area contributed by atoms with Crippen molar-refractivity contribution in [3.63, 3.8) is 0 Å². The minimum Gasteiger partial charge on any atom is -0.440 e. The van der Waals surface area contributed by atoms with Crippen molar-refractivity contribution in [2.24, 2.45) is 0 Å². The molecule has 1 aliphatic heterocycles. The molecule has 0 spiro atoms. The van der Waals surface area contributed by atoms with Crippen molar-refractivity contribution >= 4 is 38.6 Å². The van der Waals surface area contributed by atoms with Gasteiger partial charge in [-0.15, -0.1) is 0 Å². The van der Waals surface area contributed by atoms with E-state index in [4.69, 9.17) is 16.0 Å². The van der Waals surface area contributed by atoms with Gasteiger partial charge in [0.2, 0.25) is 10.0 Å². The minimum absolute atomic E-state index is 0.0682. The van der Waals surface area contributed by atoms with Crippen molar-refractivity contribution in [3.05, 3.63) is 58.9 Å². The Kier molecular flexibility index (Phi) is 5.57. The third-order valence-corrected chi connectivity index (χ3v) is 7.68. The second-order valence-corrected chi connectivity index (χ2v) is 10.0. The van der Waals surface area contributed by atoms with Crippen molar-refractivity contribution in [1.82, 2.24) is 14.2 Å². The Morgan fingerprint density at radius 2 is 1.87 bits per heavy atom. The van der Waals surface area contributed by atoms with E-state index in [-0.39, 0.29) is 21.7 Å². The first kappa shape index (κ1) is 20.8. The second kappa shape index (κ2) is 8.02. The molecule has 1 amide bonds. The fourth-order valence-electron chi connectivity index (χ4n) is 3.61. The predicted octanol–water partition coefficient (Wildman–Crippen LogP) is 3.75. The molecule has 9 heteroatoms. The molecule has 2 aromatic carbocycles. The van der Waals surface area contributed by atoms with Gasteiger partial charge in [0.05, 0.1) is 5.02 Å². The van der Waals surface area contributed by atoms with Gasteiger partial charge >= 0.3 is 0 Å². The van der Waals surface area contributed by atoms with Crippen molar-refractivity contribution in [2.75, 3.05) is 27.2 Å². The molecule has 0 atom stereocenters. The zero-order valence-corrected chi connectivity index (χ0v) is 18.3. The number of nitrogens with zero attached hydrogens (tertiary/aromatic N) is 3. The highest BCUT2D eigenvalue weighted by Crippen LogP contribution is 2.31. The Morgan fingerprint density at radius 1 is 1.17 bits per heavy atom. The molecule has 30 heavy (non-hydrogen) atoms. The summed E-state index contributed by atoms with van der Waals surface area (Å²) in [6.45, 7) is 1.08. The van der Waals surface area contributed by atoms with E-state index in [0.29, 0.717) is 24.5 Å². The van der Waals surface area contributed by atoms with Gasteiger partial charge in [0.1, 0.15) is 10.4 Å². The highest BCUT2D eigenvalue weighted by molar-refractivity contribution is 7.89. The van der Waals surface area contributed by atoms with Crippen LogP contribution < -0.4 is 0 Å². The van der Waals surface area contributed by atoms with Crippen LogP contribution in [0.1, 0.15) is 35.0 Å². The molecule has 7 nitrogen and oxygen atoms in total. The van der Waals surface area contributed by atoms with Gasteiger partial charge in [-0.2, -0.15) is 0 Å². The highest BCUT2D eigenvalue weighted by atomic mass is 35.5. The molecule has 2 heterocycles. The van der Waals surface area contributed by atoms with E-state index in [1.807, 2.05) is 24.3 Å². The van der Waals surface area contributed by atoms with Gasteiger partial charge in [-0.3, -0.25) is 4.79 Å². The summed E-state index contributed by atoms with van der Waals surface area (Å²) in [7, 11) is -0.887. The van der Waals surface area contributed by atoms with Gasteiger partial charge in [0, 0.05) is 38.7 Å². The largest absolute Gasteiger partial charge is 0.440 e. The Bertz CT molecular complexity index is 1160. The zero-order valence-electron chi connectivity index (χ0n) is 16.7. The number of carbonyl (C=O) groups is 1. The third kappa shape index (κ3) is 3.82. The van der Waals surface area contributed by atoms with Crippen molar-refractivity contribution in [3.8, 4) is 0 Å². The van der Waals surface area contributed by atoms with Crippen molar-refractivity contribution in [1.29, 1.82) is 0 Å². The fraction of sp³-hybridized carbons (Fsp3) is 0.333. The van der Waals surface area contributed by atoms with Gasteiger partial charge in [-0.05, 0) is 43.2 Å². The summed E-state index contributed by atoms with van der Waals surface area (Å²) in [4.78, 5) is 19.2. The normalized spacial score (nSPS) is 15.8.